The van der Waals surface area contributed by atoms with Crippen molar-refractivity contribution in [1.29, 1.82) is 0 Å². The Morgan fingerprint density at radius 3 is 2.71 bits per heavy atom. The van der Waals surface area contributed by atoms with Crippen molar-refractivity contribution in [3.8, 4) is 0 Å². The molecule has 28 heavy (non-hydrogen) atoms. The number of fused-ring (bicyclic) bond motifs is 2. The molecule has 1 aliphatic carbocycles. The fourth-order valence-corrected chi connectivity index (χ4v) is 5.89. The quantitative estimate of drug-likeness (QED) is 0.849. The Morgan fingerprint density at radius 1 is 1.18 bits per heavy atom. The van der Waals surface area contributed by atoms with E-state index in [1.807, 2.05) is 23.9 Å². The van der Waals surface area contributed by atoms with Gasteiger partial charge in [-0.05, 0) is 36.8 Å². The Kier molecular flexibility index (Phi) is 5.09. The van der Waals surface area contributed by atoms with Crippen LogP contribution in [0.5, 0.6) is 0 Å². The molecule has 7 heteroatoms. The Hall–Kier alpha value is -1.18. The van der Waals surface area contributed by atoms with Gasteiger partial charge in [-0.2, -0.15) is 5.10 Å². The van der Waals surface area contributed by atoms with E-state index in [-0.39, 0.29) is 12.1 Å². The minimum Gasteiger partial charge on any atom is -0.391 e. The summed E-state index contributed by atoms with van der Waals surface area (Å²) < 4.78 is 7.42. The van der Waals surface area contributed by atoms with Crippen LogP contribution in [0.15, 0.2) is 18.2 Å². The van der Waals surface area contributed by atoms with Crippen molar-refractivity contribution >= 4 is 22.5 Å². The smallest absolute Gasteiger partial charge is 0.0858 e. The van der Waals surface area contributed by atoms with Crippen LogP contribution in [0.3, 0.4) is 0 Å². The normalized spacial score (nSPS) is 32.1. The second-order valence-electron chi connectivity index (χ2n) is 8.67. The van der Waals surface area contributed by atoms with Gasteiger partial charge in [-0.1, -0.05) is 17.7 Å². The molecule has 3 heterocycles. The van der Waals surface area contributed by atoms with Gasteiger partial charge in [-0.15, -0.1) is 0 Å². The molecule has 1 saturated carbocycles. The summed E-state index contributed by atoms with van der Waals surface area (Å²) >= 11 is 6.49. The SMILES string of the molecule is Cn1nc(CN2C[C@H]3C[C@@H](N4CCOCC4)[C@H](O)C[C@H]3C2)c2c(Cl)cccc21. The van der Waals surface area contributed by atoms with Gasteiger partial charge in [0.25, 0.3) is 0 Å². The lowest BCUT2D eigenvalue weighted by molar-refractivity contribution is -0.0520. The van der Waals surface area contributed by atoms with Gasteiger partial charge < -0.3 is 9.84 Å². The van der Waals surface area contributed by atoms with Crippen molar-refractivity contribution in [3.05, 3.63) is 28.9 Å². The number of aryl methyl sites for hydroxylation is 1. The lowest BCUT2D eigenvalue weighted by atomic mass is 9.77. The Bertz CT molecular complexity index is 850. The summed E-state index contributed by atoms with van der Waals surface area (Å²) in [6.07, 6.45) is 1.78. The summed E-state index contributed by atoms with van der Waals surface area (Å²) in [4.78, 5) is 4.95. The van der Waals surface area contributed by atoms with Crippen molar-refractivity contribution in [2.75, 3.05) is 39.4 Å². The van der Waals surface area contributed by atoms with Gasteiger partial charge in [-0.3, -0.25) is 14.5 Å². The Labute approximate surface area is 171 Å². The Balaban J connectivity index is 1.30. The van der Waals surface area contributed by atoms with Crippen molar-refractivity contribution in [3.63, 3.8) is 0 Å². The number of aliphatic hydroxyl groups is 1. The van der Waals surface area contributed by atoms with Gasteiger partial charge >= 0.3 is 0 Å². The first kappa shape index (κ1) is 18.8. The predicted molar refractivity (Wildman–Crippen MR) is 109 cm³/mol. The molecule has 1 N–H and O–H groups in total. The van der Waals surface area contributed by atoms with Gasteiger partial charge in [-0.25, -0.2) is 0 Å². The number of aliphatic hydroxyl groups excluding tert-OH is 1. The van der Waals surface area contributed by atoms with E-state index in [9.17, 15) is 5.11 Å². The zero-order chi connectivity index (χ0) is 19.3. The molecule has 1 aromatic carbocycles. The third kappa shape index (κ3) is 3.35. The zero-order valence-corrected chi connectivity index (χ0v) is 17.2. The second-order valence-corrected chi connectivity index (χ2v) is 9.08. The average Bonchev–Trinajstić information content (AvgIpc) is 3.22. The van der Waals surface area contributed by atoms with E-state index < -0.39 is 0 Å². The number of hydrogen-bond donors (Lipinski definition) is 1. The molecule has 2 aromatic rings. The molecular weight excluding hydrogens is 376 g/mol. The molecule has 4 atom stereocenters. The predicted octanol–water partition coefficient (Wildman–Crippen LogP) is 2.13. The number of morpholine rings is 1. The lowest BCUT2D eigenvalue weighted by Gasteiger charge is -2.43. The lowest BCUT2D eigenvalue weighted by Crippen LogP contribution is -2.53. The molecule has 3 fully saturated rings. The van der Waals surface area contributed by atoms with Crippen LogP contribution >= 0.6 is 11.6 Å². The van der Waals surface area contributed by atoms with Crippen LogP contribution in [-0.4, -0.2) is 76.2 Å². The topological polar surface area (TPSA) is 53.8 Å². The number of aromatic nitrogens is 2. The van der Waals surface area contributed by atoms with Gasteiger partial charge in [0.2, 0.25) is 0 Å². The highest BCUT2D eigenvalue weighted by Gasteiger charge is 2.43. The molecule has 3 aliphatic rings. The zero-order valence-electron chi connectivity index (χ0n) is 16.4. The highest BCUT2D eigenvalue weighted by molar-refractivity contribution is 6.35. The van der Waals surface area contributed by atoms with Crippen LogP contribution in [-0.2, 0) is 18.3 Å². The minimum atomic E-state index is -0.218. The largest absolute Gasteiger partial charge is 0.391 e. The number of ether oxygens (including phenoxy) is 1. The van der Waals surface area contributed by atoms with Crippen LogP contribution in [0.2, 0.25) is 5.02 Å². The summed E-state index contributed by atoms with van der Waals surface area (Å²) in [6.45, 7) is 6.42. The van der Waals surface area contributed by atoms with Crippen LogP contribution in [0, 0.1) is 11.8 Å². The number of benzene rings is 1. The molecule has 0 spiro atoms. The number of halogens is 1. The minimum absolute atomic E-state index is 0.218. The van der Waals surface area contributed by atoms with Crippen molar-refractivity contribution in [1.82, 2.24) is 19.6 Å². The monoisotopic (exact) mass is 404 g/mol. The number of rotatable bonds is 3. The van der Waals surface area contributed by atoms with Crippen LogP contribution < -0.4 is 0 Å². The molecule has 0 bridgehead atoms. The standard InChI is InChI=1S/C21H29ClN4O2/c1-24-18-4-2-3-16(22)21(18)17(23-24)13-25-11-14-9-19(20(27)10-15(14)12-25)26-5-7-28-8-6-26/h2-4,14-15,19-20,27H,5-13H2,1H3/t14-,15+,19-,20-/m1/s1. The Morgan fingerprint density at radius 2 is 1.93 bits per heavy atom. The molecule has 1 aromatic heterocycles. The third-order valence-corrected chi connectivity index (χ3v) is 7.29. The third-order valence-electron chi connectivity index (χ3n) is 6.97. The van der Waals surface area contributed by atoms with E-state index in [0.29, 0.717) is 11.8 Å². The molecule has 6 nitrogen and oxygen atoms in total. The summed E-state index contributed by atoms with van der Waals surface area (Å²) in [7, 11) is 1.98. The van der Waals surface area contributed by atoms with Crippen molar-refractivity contribution in [2.24, 2.45) is 18.9 Å². The fraction of sp³-hybridized carbons (Fsp3) is 0.667. The highest BCUT2D eigenvalue weighted by Crippen LogP contribution is 2.39. The first-order chi connectivity index (χ1) is 13.6. The molecule has 152 valence electrons. The van der Waals surface area contributed by atoms with Crippen molar-refractivity contribution < 1.29 is 9.84 Å². The van der Waals surface area contributed by atoms with Crippen LogP contribution in [0.25, 0.3) is 10.9 Å². The number of hydrogen-bond acceptors (Lipinski definition) is 5. The summed E-state index contributed by atoms with van der Waals surface area (Å²) in [5.41, 5.74) is 2.15. The average molecular weight is 405 g/mol. The molecule has 0 radical (unpaired) electrons. The van der Waals surface area contributed by atoms with E-state index in [2.05, 4.69) is 15.9 Å². The fourth-order valence-electron chi connectivity index (χ4n) is 5.61. The maximum Gasteiger partial charge on any atom is 0.0858 e. The first-order valence-corrected chi connectivity index (χ1v) is 10.8. The highest BCUT2D eigenvalue weighted by atomic mass is 35.5. The van der Waals surface area contributed by atoms with E-state index >= 15 is 0 Å². The second kappa shape index (κ2) is 7.58. The van der Waals surface area contributed by atoms with Crippen LogP contribution in [0.1, 0.15) is 18.5 Å². The molecule has 2 aliphatic heterocycles. The van der Waals surface area contributed by atoms with E-state index in [1.165, 1.54) is 0 Å². The number of likely N-dealkylation sites (tertiary alicyclic amines) is 1. The summed E-state index contributed by atoms with van der Waals surface area (Å²) in [5, 5.41) is 17.4. The van der Waals surface area contributed by atoms with Gasteiger partial charge in [0.05, 0.1) is 35.6 Å². The van der Waals surface area contributed by atoms with Gasteiger partial charge in [0, 0.05) is 51.2 Å². The maximum absolute atomic E-state index is 10.8. The molecular formula is C21H29ClN4O2. The van der Waals surface area contributed by atoms with Crippen LogP contribution in [0.4, 0.5) is 0 Å². The molecule has 0 amide bonds. The first-order valence-electron chi connectivity index (χ1n) is 10.4. The van der Waals surface area contributed by atoms with E-state index in [4.69, 9.17) is 21.4 Å². The molecule has 2 saturated heterocycles. The van der Waals surface area contributed by atoms with Crippen molar-refractivity contribution in [2.45, 2.75) is 31.5 Å². The maximum atomic E-state index is 10.8. The van der Waals surface area contributed by atoms with E-state index in [1.54, 1.807) is 0 Å². The number of nitrogens with zero attached hydrogens (tertiary/aromatic N) is 4. The molecule has 5 rings (SSSR count). The van der Waals surface area contributed by atoms with Gasteiger partial charge in [0.1, 0.15) is 0 Å². The summed E-state index contributed by atoms with van der Waals surface area (Å²) in [5.74, 6) is 1.24. The van der Waals surface area contributed by atoms with E-state index in [0.717, 1.165) is 80.4 Å². The molecule has 0 unspecified atom stereocenters. The van der Waals surface area contributed by atoms with Gasteiger partial charge in [0.15, 0.2) is 0 Å². The summed E-state index contributed by atoms with van der Waals surface area (Å²) in [6, 6.07) is 6.29.